The molecule has 1 atom stereocenters. The van der Waals surface area contributed by atoms with E-state index >= 15 is 0 Å². The third-order valence-electron chi connectivity index (χ3n) is 15.8. The molecule has 17 heteroatoms. The fraction of sp³-hybridized carbons (Fsp3) is 0.564. The maximum Gasteiger partial charge on any atom is 0.253 e. The number of aliphatic hydroxyl groups excluding tert-OH is 1. The van der Waals surface area contributed by atoms with Crippen molar-refractivity contribution in [1.29, 1.82) is 5.26 Å². The Morgan fingerprint density at radius 3 is 2.39 bits per heavy atom. The smallest absolute Gasteiger partial charge is 0.253 e. The highest BCUT2D eigenvalue weighted by molar-refractivity contribution is 6.31. The van der Waals surface area contributed by atoms with E-state index in [0.717, 1.165) is 138 Å². The van der Waals surface area contributed by atoms with Crippen molar-refractivity contribution < 1.29 is 19.4 Å². The Labute approximate surface area is 430 Å². The number of pyridine rings is 2. The number of piperazine rings is 1. The number of hydrogen-bond donors (Lipinski definition) is 3. The molecule has 384 valence electrons. The summed E-state index contributed by atoms with van der Waals surface area (Å²) >= 11 is 6.28. The molecule has 1 unspecified atom stereocenters. The summed E-state index contributed by atoms with van der Waals surface area (Å²) < 4.78 is 14.4. The molecule has 7 heterocycles. The number of nitrogens with zero attached hydrogens (tertiary/aromatic N) is 10. The van der Waals surface area contributed by atoms with Crippen LogP contribution in [0.2, 0.25) is 5.02 Å². The molecule has 3 N–H and O–H groups in total. The molecule has 1 aromatic carbocycles. The summed E-state index contributed by atoms with van der Waals surface area (Å²) in [7, 11) is 0. The van der Waals surface area contributed by atoms with Gasteiger partial charge in [-0.05, 0) is 87.1 Å². The second-order valence-electron chi connectivity index (χ2n) is 21.5. The third-order valence-corrected chi connectivity index (χ3v) is 16.1. The van der Waals surface area contributed by atoms with E-state index in [1.165, 1.54) is 6.42 Å². The minimum absolute atomic E-state index is 0.127. The van der Waals surface area contributed by atoms with Crippen LogP contribution < -0.4 is 29.9 Å². The molecule has 0 radical (unpaired) electrons. The molecule has 9 rings (SSSR count). The van der Waals surface area contributed by atoms with Crippen LogP contribution in [-0.2, 0) is 13.0 Å². The average Bonchev–Trinajstić information content (AvgIpc) is 3.82. The van der Waals surface area contributed by atoms with E-state index in [4.69, 9.17) is 31.0 Å². The Kier molecular flexibility index (Phi) is 16.1. The highest BCUT2D eigenvalue weighted by atomic mass is 35.5. The zero-order valence-corrected chi connectivity index (χ0v) is 43.6. The summed E-state index contributed by atoms with van der Waals surface area (Å²) in [6.07, 6.45) is 13.5. The molecular formula is C55H73ClN12O4. The number of aryl methyl sites for hydroxylation is 1. The molecule has 0 spiro atoms. The van der Waals surface area contributed by atoms with Crippen molar-refractivity contribution in [3.63, 3.8) is 0 Å². The van der Waals surface area contributed by atoms with Gasteiger partial charge in [0.05, 0.1) is 29.0 Å². The maximum atomic E-state index is 13.5. The molecule has 4 fully saturated rings. The molecule has 72 heavy (non-hydrogen) atoms. The molecule has 0 bridgehead atoms. The Balaban J connectivity index is 0.658. The lowest BCUT2D eigenvalue weighted by Crippen LogP contribution is -2.74. The summed E-state index contributed by atoms with van der Waals surface area (Å²) in [4.78, 5) is 37.9. The Hall–Kier alpha value is -5.73. The van der Waals surface area contributed by atoms with E-state index in [-0.39, 0.29) is 41.5 Å². The predicted molar refractivity (Wildman–Crippen MR) is 282 cm³/mol. The molecule has 4 aromatic heterocycles. The van der Waals surface area contributed by atoms with Crippen molar-refractivity contribution in [1.82, 2.24) is 39.7 Å². The predicted octanol–water partition coefficient (Wildman–Crippen LogP) is 7.88. The van der Waals surface area contributed by atoms with Gasteiger partial charge in [0, 0.05) is 131 Å². The number of nitriles is 1. The summed E-state index contributed by atoms with van der Waals surface area (Å²) in [6, 6.07) is 17.4. The van der Waals surface area contributed by atoms with Crippen LogP contribution in [-0.4, -0.2) is 136 Å². The minimum Gasteiger partial charge on any atom is -0.489 e. The monoisotopic (exact) mass is 1000 g/mol. The number of piperidine rings is 2. The van der Waals surface area contributed by atoms with Crippen LogP contribution in [0.25, 0.3) is 5.65 Å². The normalized spacial score (nSPS) is 21.5. The topological polar surface area (TPSA) is 173 Å². The van der Waals surface area contributed by atoms with Crippen LogP contribution in [0.4, 0.5) is 17.5 Å². The van der Waals surface area contributed by atoms with Gasteiger partial charge in [-0.3, -0.25) is 4.79 Å². The number of halogens is 1. The third kappa shape index (κ3) is 11.4. The van der Waals surface area contributed by atoms with E-state index in [9.17, 15) is 15.2 Å². The quantitative estimate of drug-likeness (QED) is 0.0683. The molecule has 3 aliphatic heterocycles. The molecule has 16 nitrogen and oxygen atoms in total. The highest BCUT2D eigenvalue weighted by Gasteiger charge is 2.64. The lowest BCUT2D eigenvalue weighted by molar-refractivity contribution is -0.164. The first kappa shape index (κ1) is 51.2. The standard InChI is InChI=1S/C55H73ClN12O4/c1-6-40-36-61-68-47(31-48(62-50(40)68)67-21-8-7-10-43(67)19-28-69)58-33-39-11-16-49(60-34-39)71-29-9-20-64-24-26-65(27-25-64)37-38-17-22-66(23-18-38)46-15-13-42(35-59-46)51(70)63-52-54(2,3)53(55(52,4)5)72-44-14-12-41(32-57)45(56)30-44/h11-16,30-31,34-36,38,43,52-53,58,69H,6-10,17-29,33,37H2,1-5H3,(H,63,70). The van der Waals surface area contributed by atoms with E-state index in [2.05, 4.69) is 93.1 Å². The minimum atomic E-state index is -0.349. The summed E-state index contributed by atoms with van der Waals surface area (Å²) in [5.41, 5.74) is 3.30. The van der Waals surface area contributed by atoms with Gasteiger partial charge in [0.2, 0.25) is 5.88 Å². The number of aromatic nitrogens is 5. The van der Waals surface area contributed by atoms with Crippen LogP contribution in [0, 0.1) is 28.1 Å². The van der Waals surface area contributed by atoms with Crippen molar-refractivity contribution in [2.45, 2.75) is 111 Å². The number of benzene rings is 1. The SMILES string of the molecule is CCc1cnn2c(NCc3ccc(OCCCN4CCN(CC5CCN(c6ccc(C(=O)NC7C(C)(C)C(Oc8ccc(C#N)c(Cl)c8)C7(C)C)cn6)CC5)CC4)nc3)cc(N3CCCCC3CCO)nc12. The molecule has 1 aliphatic carbocycles. The molecule has 1 amide bonds. The number of rotatable bonds is 19. The zero-order valence-electron chi connectivity index (χ0n) is 42.8. The number of carbonyl (C=O) groups is 1. The zero-order chi connectivity index (χ0) is 50.4. The van der Waals surface area contributed by atoms with Crippen LogP contribution in [0.1, 0.15) is 107 Å². The second-order valence-corrected chi connectivity index (χ2v) is 21.9. The number of aliphatic hydroxyl groups is 1. The number of fused-ring (bicyclic) bond motifs is 1. The van der Waals surface area contributed by atoms with Gasteiger partial charge in [-0.2, -0.15) is 14.9 Å². The van der Waals surface area contributed by atoms with Gasteiger partial charge in [0.1, 0.15) is 35.4 Å². The fourth-order valence-electron chi connectivity index (χ4n) is 12.0. The van der Waals surface area contributed by atoms with Crippen molar-refractivity contribution in [3.8, 4) is 17.7 Å². The first-order valence-electron chi connectivity index (χ1n) is 26.2. The lowest BCUT2D eigenvalue weighted by Gasteiger charge is -2.63. The Bertz CT molecular complexity index is 2640. The molecule has 3 saturated heterocycles. The van der Waals surface area contributed by atoms with Crippen LogP contribution in [0.3, 0.4) is 0 Å². The molecule has 5 aromatic rings. The van der Waals surface area contributed by atoms with Gasteiger partial charge in [0.25, 0.3) is 5.91 Å². The largest absolute Gasteiger partial charge is 0.489 e. The number of ether oxygens (including phenoxy) is 2. The Morgan fingerprint density at radius 1 is 0.903 bits per heavy atom. The van der Waals surface area contributed by atoms with Gasteiger partial charge in [0.15, 0.2) is 5.65 Å². The maximum absolute atomic E-state index is 13.5. The number of anilines is 3. The first-order valence-corrected chi connectivity index (χ1v) is 26.6. The molecule has 1 saturated carbocycles. The van der Waals surface area contributed by atoms with Gasteiger partial charge >= 0.3 is 0 Å². The average molecular weight is 1000 g/mol. The summed E-state index contributed by atoms with van der Waals surface area (Å²) in [5.74, 6) is 4.52. The fourth-order valence-corrected chi connectivity index (χ4v) is 12.2. The van der Waals surface area contributed by atoms with E-state index < -0.39 is 0 Å². The summed E-state index contributed by atoms with van der Waals surface area (Å²) in [6.45, 7) is 21.3. The van der Waals surface area contributed by atoms with Crippen molar-refractivity contribution in [2.24, 2.45) is 16.7 Å². The lowest BCUT2D eigenvalue weighted by atomic mass is 9.49. The first-order chi connectivity index (χ1) is 34.8. The van der Waals surface area contributed by atoms with Gasteiger partial charge in [-0.25, -0.2) is 15.0 Å². The molecular weight excluding hydrogens is 928 g/mol. The van der Waals surface area contributed by atoms with Crippen LogP contribution in [0.15, 0.2) is 67.1 Å². The van der Waals surface area contributed by atoms with Gasteiger partial charge in [-0.1, -0.05) is 52.3 Å². The number of amides is 1. The second kappa shape index (κ2) is 22.6. The van der Waals surface area contributed by atoms with Gasteiger partial charge < -0.3 is 44.8 Å². The van der Waals surface area contributed by atoms with E-state index in [1.807, 2.05) is 35.1 Å². The van der Waals surface area contributed by atoms with Crippen LogP contribution in [0.5, 0.6) is 11.6 Å². The number of carbonyl (C=O) groups excluding carboxylic acids is 1. The molecule has 4 aliphatic rings. The van der Waals surface area contributed by atoms with Crippen molar-refractivity contribution in [3.05, 3.63) is 94.4 Å². The van der Waals surface area contributed by atoms with Gasteiger partial charge in [-0.15, -0.1) is 0 Å². The summed E-state index contributed by atoms with van der Waals surface area (Å²) in [5, 5.41) is 30.9. The van der Waals surface area contributed by atoms with Crippen molar-refractivity contribution >= 4 is 40.6 Å². The van der Waals surface area contributed by atoms with E-state index in [0.29, 0.717) is 46.8 Å². The van der Waals surface area contributed by atoms with E-state index in [1.54, 1.807) is 24.4 Å². The van der Waals surface area contributed by atoms with Crippen molar-refractivity contribution in [2.75, 3.05) is 87.2 Å². The number of hydrogen-bond acceptors (Lipinski definition) is 14. The Morgan fingerprint density at radius 2 is 1.69 bits per heavy atom. The highest BCUT2D eigenvalue weighted by Crippen LogP contribution is 2.55. The van der Waals surface area contributed by atoms with Crippen LogP contribution >= 0.6 is 11.6 Å². The number of nitrogens with one attached hydrogen (secondary N) is 2.